The third-order valence-electron chi connectivity index (χ3n) is 19.3. The molecule has 3 aliphatic heterocycles. The molecule has 122 heavy (non-hydrogen) atoms. The maximum atomic E-state index is 14.5. The molecule has 3 aromatic heterocycles. The number of ketones is 3. The topological polar surface area (TPSA) is 445 Å². The van der Waals surface area contributed by atoms with Crippen molar-refractivity contribution >= 4 is 171 Å². The van der Waals surface area contributed by atoms with E-state index in [9.17, 15) is 90.7 Å². The van der Waals surface area contributed by atoms with Crippen molar-refractivity contribution in [2.24, 2.45) is 0 Å². The van der Waals surface area contributed by atoms with Crippen molar-refractivity contribution in [3.05, 3.63) is 181 Å². The predicted octanol–water partition coefficient (Wildman–Crippen LogP) is 10.4. The van der Waals surface area contributed by atoms with Gasteiger partial charge in [0.25, 0.3) is 0 Å². The van der Waals surface area contributed by atoms with E-state index in [1.54, 1.807) is 110 Å². The van der Waals surface area contributed by atoms with Crippen LogP contribution in [0.5, 0.6) is 0 Å². The molecular formula is C79H101BrClF3N9O22P3S3Si. The average Bonchev–Trinajstić information content (AvgIpc) is 1.63. The average molecular weight is 1920 g/mol. The van der Waals surface area contributed by atoms with Gasteiger partial charge in [0.15, 0.2) is 17.3 Å². The highest BCUT2D eigenvalue weighted by Gasteiger charge is 2.38. The summed E-state index contributed by atoms with van der Waals surface area (Å²) in [5, 5.41) is 12.8. The third kappa shape index (κ3) is 28.4. The van der Waals surface area contributed by atoms with Crippen LogP contribution in [0, 0.1) is 0 Å². The molecule has 0 radical (unpaired) electrons. The fourth-order valence-corrected chi connectivity index (χ4v) is 19.7. The van der Waals surface area contributed by atoms with E-state index in [4.69, 9.17) is 23.9 Å². The summed E-state index contributed by atoms with van der Waals surface area (Å²) in [6, 6.07) is 35.7. The van der Waals surface area contributed by atoms with Crippen molar-refractivity contribution in [3.63, 3.8) is 0 Å². The maximum Gasteiger partial charge on any atom is 0.361 e. The molecule has 3 aliphatic rings. The van der Waals surface area contributed by atoms with E-state index in [-0.39, 0.29) is 163 Å². The first-order valence-electron chi connectivity index (χ1n) is 38.4. The number of nitrogens with zero attached hydrogens (tertiary/aromatic N) is 5. The van der Waals surface area contributed by atoms with Gasteiger partial charge in [0.1, 0.15) is 44.8 Å². The fourth-order valence-electron chi connectivity index (χ4n) is 13.8. The molecule has 9 N–H and O–H groups in total. The minimum Gasteiger partial charge on any atom is -0.480 e. The largest absolute Gasteiger partial charge is 0.480 e. The number of halogens is 5. The molecule has 9 aromatic rings. The first-order valence-corrected chi connectivity index (χ1v) is 53.3. The van der Waals surface area contributed by atoms with E-state index < -0.39 is 102 Å². The van der Waals surface area contributed by atoms with Gasteiger partial charge in [-0.2, -0.15) is 0 Å². The van der Waals surface area contributed by atoms with Crippen molar-refractivity contribution < 1.29 is 115 Å². The zero-order valence-corrected chi connectivity index (χ0v) is 76.5. The number of amides is 2. The zero-order valence-electron chi connectivity index (χ0n) is 68.0. The number of aromatic nitrogens is 3. The standard InChI is InChI=1S/C28H35FN3O7PS.C24H27FN3O7PS.C12H17FN2O2S.C12H12NO6P.C3H9BrSi.ClH/c1-4-38-40(35,39-5-2)23-11-12-27-25(16-23)26(20(3)33)18-31(27)19-28(34)32-17-21(29)15-22(32)13-14-30-41(36,37)24-9-7-6-8-10-24;1-16(29)22-14-27(23-8-7-19(12-21(22)23)36(31,32)33)15-24(30)28-13-17(25)11-18(28)9-10-26-37(34,35)20-5-3-2-4-6-20;13-10-8-11(14-9-10)6-7-15-18(16,17)12-4-2-1-3-5-12;1-7(14)10-5-13(6-12(15)16)11-3-2-8(4-9(10)11)20(17,18)19;1-5(2,3)4;/h6-12,16,18,21-22,30H,4-5,13-15,17,19H2,1-3H3;2-8,12,14,17-18,26H,9-11,13,15H2,1H3,(H2,31,32,33);1-5,10-11,14-15H,6-9H2;2-5H,6H2,1H3,(H,15,16)(H2,17,18,19);1-3H3;1H/t21-,22-;17-,18-;10-,11-;;;/m111.../s1. The van der Waals surface area contributed by atoms with Crippen molar-refractivity contribution in [1.82, 2.24) is 43.0 Å². The second kappa shape index (κ2) is 43.9. The van der Waals surface area contributed by atoms with E-state index in [0.717, 1.165) is 0 Å². The molecule has 0 saturated carbocycles. The van der Waals surface area contributed by atoms with Crippen molar-refractivity contribution in [3.8, 4) is 0 Å². The van der Waals surface area contributed by atoms with Gasteiger partial charge in [-0.3, -0.25) is 42.5 Å². The first-order chi connectivity index (χ1) is 56.6. The molecule has 2 amide bonds. The maximum absolute atomic E-state index is 14.5. The van der Waals surface area contributed by atoms with Gasteiger partial charge >= 0.3 is 28.8 Å². The number of sulfonamides is 3. The summed E-state index contributed by atoms with van der Waals surface area (Å²) in [6.07, 6.45) is 2.83. The van der Waals surface area contributed by atoms with Gasteiger partial charge in [0.05, 0.1) is 56.9 Å². The summed E-state index contributed by atoms with van der Waals surface area (Å²) in [4.78, 5) is 114. The Kier molecular flexibility index (Phi) is 36.5. The number of alkyl halides is 3. The Hall–Kier alpha value is -7.72. The number of Topliss-reactive ketones (excluding diaryl/α,β-unsaturated/α-hetero) is 3. The second-order valence-corrected chi connectivity index (χ2v) is 51.5. The number of carboxylic acid groups (broad SMARTS) is 1. The molecule has 666 valence electrons. The Bertz CT molecular complexity index is 5700. The van der Waals surface area contributed by atoms with Crippen molar-refractivity contribution in [2.75, 3.05) is 52.5 Å². The minimum absolute atomic E-state index is 0. The number of carboxylic acids is 1. The number of hydrogen-bond acceptors (Lipinski definition) is 18. The van der Waals surface area contributed by atoms with Gasteiger partial charge in [-0.15, -0.1) is 27.7 Å². The van der Waals surface area contributed by atoms with E-state index in [2.05, 4.69) is 54.4 Å². The van der Waals surface area contributed by atoms with Crippen molar-refractivity contribution in [1.29, 1.82) is 0 Å². The number of nitrogens with one attached hydrogen (secondary N) is 4. The molecule has 43 heteroatoms. The van der Waals surface area contributed by atoms with Crippen LogP contribution < -0.4 is 35.4 Å². The number of aliphatic carboxylic acids is 1. The molecular weight excluding hydrogens is 1820 g/mol. The molecule has 0 bridgehead atoms. The number of fused-ring (bicyclic) bond motifs is 3. The van der Waals surface area contributed by atoms with Crippen LogP contribution in [0.15, 0.2) is 179 Å². The van der Waals surface area contributed by atoms with Gasteiger partial charge in [0.2, 0.25) is 41.9 Å². The Labute approximate surface area is 720 Å². The Morgan fingerprint density at radius 1 is 0.492 bits per heavy atom. The summed E-state index contributed by atoms with van der Waals surface area (Å²) in [5.74, 6) is -2.73. The summed E-state index contributed by atoms with van der Waals surface area (Å²) < 4.78 is 175. The lowest BCUT2D eigenvalue weighted by molar-refractivity contribution is -0.137. The van der Waals surface area contributed by atoms with Crippen LogP contribution in [0.25, 0.3) is 32.7 Å². The quantitative estimate of drug-likeness (QED) is 0.00843. The highest BCUT2D eigenvalue weighted by molar-refractivity contribution is 9.26. The highest BCUT2D eigenvalue weighted by Crippen LogP contribution is 2.48. The molecule has 6 heterocycles. The fraction of sp³-hybridized carbons (Fsp3) is 0.392. The smallest absolute Gasteiger partial charge is 0.361 e. The predicted molar refractivity (Wildman–Crippen MR) is 467 cm³/mol. The van der Waals surface area contributed by atoms with Crippen molar-refractivity contribution in [2.45, 2.75) is 164 Å². The van der Waals surface area contributed by atoms with Crippen LogP contribution in [0.3, 0.4) is 0 Å². The van der Waals surface area contributed by atoms with Gasteiger partial charge in [-0.05, 0) is 151 Å². The first kappa shape index (κ1) is 101. The normalized spacial score (nSPS) is 17.6. The number of hydrogen-bond donors (Lipinski definition) is 9. The Balaban J connectivity index is 0.000000230. The van der Waals surface area contributed by atoms with E-state index in [0.29, 0.717) is 69.5 Å². The van der Waals surface area contributed by atoms with Crippen LogP contribution in [0.4, 0.5) is 13.2 Å². The molecule has 3 fully saturated rings. The summed E-state index contributed by atoms with van der Waals surface area (Å²) in [5.41, 5.74) is 2.21. The van der Waals surface area contributed by atoms with Gasteiger partial charge < -0.3 is 62.5 Å². The molecule has 31 nitrogen and oxygen atoms in total. The van der Waals surface area contributed by atoms with Crippen LogP contribution >= 0.6 is 50.5 Å². The number of likely N-dealkylation sites (tertiary alicyclic amines) is 2. The highest BCUT2D eigenvalue weighted by atomic mass is 79.9. The van der Waals surface area contributed by atoms with Crippen LogP contribution in [-0.4, -0.2) is 204 Å². The molecule has 6 aromatic carbocycles. The summed E-state index contributed by atoms with van der Waals surface area (Å²) in [6.45, 7) is 13.5. The molecule has 0 spiro atoms. The van der Waals surface area contributed by atoms with E-state index >= 15 is 0 Å². The molecule has 3 saturated heterocycles. The van der Waals surface area contributed by atoms with Crippen LogP contribution in [0.2, 0.25) is 19.6 Å². The van der Waals surface area contributed by atoms with Crippen LogP contribution in [-0.2, 0) is 86.8 Å². The monoisotopic (exact) mass is 1920 g/mol. The third-order valence-corrected chi connectivity index (χ3v) is 27.7. The molecule has 12 rings (SSSR count). The minimum atomic E-state index is -4.55. The lowest BCUT2D eigenvalue weighted by Gasteiger charge is -2.25. The second-order valence-electron chi connectivity index (χ2n) is 29.7. The molecule has 0 aliphatic carbocycles. The lowest BCUT2D eigenvalue weighted by atomic mass is 10.1. The van der Waals surface area contributed by atoms with Gasteiger partial charge in [-0.25, -0.2) is 52.6 Å². The zero-order chi connectivity index (χ0) is 89.3. The number of benzene rings is 6. The Morgan fingerprint density at radius 3 is 1.10 bits per heavy atom. The van der Waals surface area contributed by atoms with Gasteiger partial charge in [-0.1, -0.05) is 74.2 Å². The van der Waals surface area contributed by atoms with E-state index in [1.807, 2.05) is 0 Å². The van der Waals surface area contributed by atoms with Gasteiger partial charge in [0, 0.05) is 125 Å². The number of carbonyl (C=O) groups excluding carboxylic acids is 5. The van der Waals surface area contributed by atoms with E-state index in [1.165, 1.54) is 113 Å². The Morgan fingerprint density at radius 2 is 0.803 bits per heavy atom. The lowest BCUT2D eigenvalue weighted by Crippen LogP contribution is -2.40. The SMILES string of the molecule is CC(=O)c1cn(CC(=O)N2C[C@H](F)C[C@H]2CCNS(=O)(=O)c2ccccc2)c2ccc(P(=O)(O)O)cc12.CC(=O)c1cn(CC(=O)O)c2ccc(P(=O)(O)O)cc12.CCOP(=O)(OCC)c1ccc2c(c1)c(C(C)=O)cn2CC(=O)N1C[C@H](F)C[C@H]1CCNS(=O)(=O)c1ccccc1.C[Si](C)(C)Br.Cl.O=S(=O)(NCC[C@@H]1C[C@@H](F)CN1)c1ccccc1. The summed E-state index contributed by atoms with van der Waals surface area (Å²) >= 11 is 3.51. The molecule has 0 unspecified atom stereocenters. The molecule has 6 atom stereocenters. The summed E-state index contributed by atoms with van der Waals surface area (Å²) in [7, 11) is -23.5. The number of carbonyl (C=O) groups is 6. The van der Waals surface area contributed by atoms with Crippen LogP contribution in [0.1, 0.15) is 104 Å². The number of rotatable bonds is 31.